The average Bonchev–Trinajstić information content (AvgIpc) is 2.73. The van der Waals surface area contributed by atoms with Gasteiger partial charge >= 0.3 is 5.97 Å². The van der Waals surface area contributed by atoms with Gasteiger partial charge in [-0.25, -0.2) is 13.2 Å². The van der Waals surface area contributed by atoms with Crippen molar-refractivity contribution in [2.75, 3.05) is 11.8 Å². The lowest BCUT2D eigenvalue weighted by Crippen LogP contribution is -2.12. The van der Waals surface area contributed by atoms with Crippen LogP contribution in [0.1, 0.15) is 21.5 Å². The van der Waals surface area contributed by atoms with Crippen molar-refractivity contribution in [1.29, 1.82) is 0 Å². The van der Waals surface area contributed by atoms with E-state index in [1.165, 1.54) is 7.11 Å². The number of aryl methyl sites for hydroxylation is 2. The first kappa shape index (κ1) is 19.6. The minimum Gasteiger partial charge on any atom is -0.465 e. The lowest BCUT2D eigenvalue weighted by atomic mass is 10.0. The fourth-order valence-electron chi connectivity index (χ4n) is 2.82. The Hall–Kier alpha value is -3.12. The number of nitrogens with one attached hydrogen (secondary N) is 1. The summed E-state index contributed by atoms with van der Waals surface area (Å²) in [6.07, 6.45) is 1.52. The van der Waals surface area contributed by atoms with Crippen LogP contribution < -0.4 is 4.72 Å². The number of esters is 1. The predicted molar refractivity (Wildman–Crippen MR) is 109 cm³/mol. The second-order valence-corrected chi connectivity index (χ2v) is 7.99. The van der Waals surface area contributed by atoms with Gasteiger partial charge in [-0.3, -0.25) is 4.72 Å². The molecular formula is C22H21NO4S. The van der Waals surface area contributed by atoms with Crippen LogP contribution in [0.5, 0.6) is 0 Å². The third-order valence-corrected chi connectivity index (χ3v) is 5.71. The van der Waals surface area contributed by atoms with E-state index >= 15 is 0 Å². The van der Waals surface area contributed by atoms with Gasteiger partial charge in [0.2, 0.25) is 0 Å². The molecule has 3 rings (SSSR count). The summed E-state index contributed by atoms with van der Waals surface area (Å²) in [5.74, 6) is -0.357. The number of hydrogen-bond acceptors (Lipinski definition) is 4. The van der Waals surface area contributed by atoms with Crippen LogP contribution in [0, 0.1) is 0 Å². The maximum Gasteiger partial charge on any atom is 0.337 e. The van der Waals surface area contributed by atoms with Crippen LogP contribution in [-0.2, 0) is 27.6 Å². The van der Waals surface area contributed by atoms with Gasteiger partial charge in [0, 0.05) is 5.69 Å². The van der Waals surface area contributed by atoms with Crippen LogP contribution in [0.3, 0.4) is 0 Å². The summed E-state index contributed by atoms with van der Waals surface area (Å²) < 4.78 is 32.2. The Bertz CT molecular complexity index is 1050. The molecule has 0 saturated heterocycles. The molecule has 0 fully saturated rings. The van der Waals surface area contributed by atoms with Gasteiger partial charge in [-0.1, -0.05) is 42.5 Å². The second kappa shape index (κ2) is 8.71. The minimum atomic E-state index is -3.61. The third kappa shape index (κ3) is 4.98. The van der Waals surface area contributed by atoms with E-state index in [4.69, 9.17) is 4.74 Å². The molecule has 5 nitrogen and oxygen atoms in total. The van der Waals surface area contributed by atoms with E-state index in [1.807, 2.05) is 30.3 Å². The van der Waals surface area contributed by atoms with Crippen molar-refractivity contribution in [3.8, 4) is 0 Å². The highest BCUT2D eigenvalue weighted by Gasteiger charge is 2.13. The number of ether oxygens (including phenoxy) is 1. The summed E-state index contributed by atoms with van der Waals surface area (Å²) in [6.45, 7) is 0. The topological polar surface area (TPSA) is 72.5 Å². The zero-order valence-corrected chi connectivity index (χ0v) is 16.3. The molecule has 0 radical (unpaired) electrons. The predicted octanol–water partition coefficient (Wildman–Crippen LogP) is 4.06. The first-order valence-corrected chi connectivity index (χ1v) is 10.3. The monoisotopic (exact) mass is 395 g/mol. The molecule has 0 bridgehead atoms. The highest BCUT2D eigenvalue weighted by Crippen LogP contribution is 2.18. The molecular weight excluding hydrogens is 374 g/mol. The summed E-state index contributed by atoms with van der Waals surface area (Å²) in [6, 6.07) is 22.9. The molecule has 0 atom stereocenters. The second-order valence-electron chi connectivity index (χ2n) is 6.31. The molecule has 0 aliphatic heterocycles. The Morgan fingerprint density at radius 2 is 1.54 bits per heavy atom. The first-order chi connectivity index (χ1) is 13.5. The molecule has 0 amide bonds. The molecule has 3 aromatic carbocycles. The van der Waals surface area contributed by atoms with Gasteiger partial charge in [0.25, 0.3) is 10.0 Å². The van der Waals surface area contributed by atoms with E-state index in [-0.39, 0.29) is 10.9 Å². The average molecular weight is 395 g/mol. The number of benzene rings is 3. The number of anilines is 1. The smallest absolute Gasteiger partial charge is 0.337 e. The molecule has 3 aromatic rings. The molecule has 144 valence electrons. The van der Waals surface area contributed by atoms with E-state index in [0.29, 0.717) is 11.3 Å². The van der Waals surface area contributed by atoms with Crippen LogP contribution in [-0.4, -0.2) is 21.5 Å². The summed E-state index contributed by atoms with van der Waals surface area (Å²) in [4.78, 5) is 11.7. The van der Waals surface area contributed by atoms with Gasteiger partial charge in [-0.05, 0) is 60.4 Å². The fourth-order valence-corrected chi connectivity index (χ4v) is 3.89. The van der Waals surface area contributed by atoms with Gasteiger partial charge in [-0.2, -0.15) is 0 Å². The molecule has 1 N–H and O–H groups in total. The highest BCUT2D eigenvalue weighted by atomic mass is 32.2. The van der Waals surface area contributed by atoms with Gasteiger partial charge in [-0.15, -0.1) is 0 Å². The minimum absolute atomic E-state index is 0.228. The summed E-state index contributed by atoms with van der Waals surface area (Å²) in [5, 5.41) is 0. The van der Waals surface area contributed by atoms with Gasteiger partial charge < -0.3 is 4.74 Å². The van der Waals surface area contributed by atoms with Crippen molar-refractivity contribution >= 4 is 21.7 Å². The third-order valence-electron chi connectivity index (χ3n) is 4.31. The van der Waals surface area contributed by atoms with E-state index < -0.39 is 10.0 Å². The maximum absolute atomic E-state index is 12.5. The van der Waals surface area contributed by atoms with Crippen molar-refractivity contribution in [3.63, 3.8) is 0 Å². The van der Waals surface area contributed by atoms with Crippen LogP contribution in [0.4, 0.5) is 5.69 Å². The van der Waals surface area contributed by atoms with Crippen molar-refractivity contribution in [2.24, 2.45) is 0 Å². The largest absolute Gasteiger partial charge is 0.465 e. The standard InChI is InChI=1S/C22H21NO4S/c1-27-22(24)19-14-12-17(13-15-19)10-11-18-6-5-7-20(16-18)23-28(25,26)21-8-3-2-4-9-21/h2-9,12-16,23H,10-11H2,1H3. The highest BCUT2D eigenvalue weighted by molar-refractivity contribution is 7.92. The molecule has 0 unspecified atom stereocenters. The molecule has 0 aliphatic rings. The van der Waals surface area contributed by atoms with Crippen molar-refractivity contribution in [1.82, 2.24) is 0 Å². The zero-order valence-electron chi connectivity index (χ0n) is 15.5. The number of methoxy groups -OCH3 is 1. The molecule has 28 heavy (non-hydrogen) atoms. The quantitative estimate of drug-likeness (QED) is 0.613. The van der Waals surface area contributed by atoms with Gasteiger partial charge in [0.15, 0.2) is 0 Å². The molecule has 0 heterocycles. The van der Waals surface area contributed by atoms with Gasteiger partial charge in [0.1, 0.15) is 0 Å². The Labute approximate surface area is 165 Å². The maximum atomic E-state index is 12.5. The van der Waals surface area contributed by atoms with Crippen molar-refractivity contribution in [3.05, 3.63) is 95.6 Å². The Morgan fingerprint density at radius 3 is 2.21 bits per heavy atom. The number of rotatable bonds is 7. The van der Waals surface area contributed by atoms with E-state index in [9.17, 15) is 13.2 Å². The van der Waals surface area contributed by atoms with Crippen LogP contribution in [0.25, 0.3) is 0 Å². The Kier molecular flexibility index (Phi) is 6.11. The molecule has 0 aliphatic carbocycles. The van der Waals surface area contributed by atoms with E-state index in [1.54, 1.807) is 48.5 Å². The normalized spacial score (nSPS) is 11.0. The number of carbonyl (C=O) groups is 1. The number of hydrogen-bond donors (Lipinski definition) is 1. The Morgan fingerprint density at radius 1 is 0.857 bits per heavy atom. The van der Waals surface area contributed by atoms with Gasteiger partial charge in [0.05, 0.1) is 17.6 Å². The Balaban J connectivity index is 1.66. The molecule has 6 heteroatoms. The van der Waals surface area contributed by atoms with E-state index in [0.717, 1.165) is 24.0 Å². The summed E-state index contributed by atoms with van der Waals surface area (Å²) >= 11 is 0. The lowest BCUT2D eigenvalue weighted by Gasteiger charge is -2.10. The molecule has 0 aromatic heterocycles. The zero-order chi connectivity index (χ0) is 20.0. The molecule has 0 saturated carbocycles. The molecule has 0 spiro atoms. The first-order valence-electron chi connectivity index (χ1n) is 8.82. The van der Waals surface area contributed by atoms with Crippen LogP contribution >= 0.6 is 0 Å². The summed E-state index contributed by atoms with van der Waals surface area (Å²) in [5.41, 5.74) is 3.15. The SMILES string of the molecule is COC(=O)c1ccc(CCc2cccc(NS(=O)(=O)c3ccccc3)c2)cc1. The van der Waals surface area contributed by atoms with Crippen molar-refractivity contribution in [2.45, 2.75) is 17.7 Å². The van der Waals surface area contributed by atoms with Crippen LogP contribution in [0.15, 0.2) is 83.8 Å². The number of carbonyl (C=O) groups excluding carboxylic acids is 1. The van der Waals surface area contributed by atoms with Crippen molar-refractivity contribution < 1.29 is 17.9 Å². The summed E-state index contributed by atoms with van der Waals surface area (Å²) in [7, 11) is -2.25. The fraction of sp³-hybridized carbons (Fsp3) is 0.136. The van der Waals surface area contributed by atoms with Crippen LogP contribution in [0.2, 0.25) is 0 Å². The lowest BCUT2D eigenvalue weighted by molar-refractivity contribution is 0.0600. The number of sulfonamides is 1. The van der Waals surface area contributed by atoms with E-state index in [2.05, 4.69) is 4.72 Å².